The molecule has 0 aliphatic heterocycles. The lowest BCUT2D eigenvalue weighted by atomic mass is 10.1. The number of Topliss-reactive ketones (excluding diaryl/α,β-unsaturated/α-hetero) is 1. The molecule has 0 N–H and O–H groups in total. The number of halogens is 1. The average molecular weight is 257 g/mol. The van der Waals surface area contributed by atoms with Crippen LogP contribution in [0.25, 0.3) is 0 Å². The van der Waals surface area contributed by atoms with Crippen LogP contribution in [0, 0.1) is 6.92 Å². The molecule has 0 aliphatic rings. The van der Waals surface area contributed by atoms with Gasteiger partial charge in [-0.2, -0.15) is 0 Å². The highest BCUT2D eigenvalue weighted by atomic mass is 35.5. The monoisotopic (exact) mass is 256 g/mol. The molecule has 1 aromatic rings. The van der Waals surface area contributed by atoms with Gasteiger partial charge in [0.25, 0.3) is 0 Å². The van der Waals surface area contributed by atoms with E-state index in [2.05, 4.69) is 0 Å². The summed E-state index contributed by atoms with van der Waals surface area (Å²) in [5.41, 5.74) is 1.66. The summed E-state index contributed by atoms with van der Waals surface area (Å²) in [6.07, 6.45) is 0. The van der Waals surface area contributed by atoms with E-state index in [1.165, 1.54) is 6.92 Å². The highest BCUT2D eigenvalue weighted by Crippen LogP contribution is 2.20. The first-order chi connectivity index (χ1) is 8.15. The Bertz CT molecular complexity index is 377. The van der Waals surface area contributed by atoms with Gasteiger partial charge in [0.1, 0.15) is 12.4 Å². The lowest BCUT2D eigenvalue weighted by Crippen LogP contribution is -2.10. The molecule has 0 fully saturated rings. The van der Waals surface area contributed by atoms with E-state index in [0.717, 1.165) is 5.56 Å². The van der Waals surface area contributed by atoms with Crippen LogP contribution in [0.1, 0.15) is 22.8 Å². The molecule has 0 bridgehead atoms. The second kappa shape index (κ2) is 7.30. The van der Waals surface area contributed by atoms with Crippen molar-refractivity contribution in [1.29, 1.82) is 0 Å². The van der Waals surface area contributed by atoms with Gasteiger partial charge in [-0.25, -0.2) is 0 Å². The molecule has 17 heavy (non-hydrogen) atoms. The second-order valence-electron chi connectivity index (χ2n) is 3.71. The largest absolute Gasteiger partial charge is 0.490 e. The summed E-state index contributed by atoms with van der Waals surface area (Å²) in [4.78, 5) is 11.4. The number of hydrogen-bond donors (Lipinski definition) is 0. The molecule has 1 aromatic carbocycles. The summed E-state index contributed by atoms with van der Waals surface area (Å²) >= 11 is 5.47. The van der Waals surface area contributed by atoms with E-state index >= 15 is 0 Å². The van der Waals surface area contributed by atoms with Crippen molar-refractivity contribution in [2.75, 3.05) is 25.7 Å². The third kappa shape index (κ3) is 4.75. The van der Waals surface area contributed by atoms with Crippen molar-refractivity contribution in [3.8, 4) is 5.75 Å². The molecule has 3 nitrogen and oxygen atoms in total. The van der Waals surface area contributed by atoms with Crippen LogP contribution in [-0.2, 0) is 4.74 Å². The Labute approximate surface area is 107 Å². The number of ketones is 1. The van der Waals surface area contributed by atoms with E-state index in [4.69, 9.17) is 21.1 Å². The minimum absolute atomic E-state index is 0.00498. The number of benzene rings is 1. The first-order valence-electron chi connectivity index (χ1n) is 5.53. The van der Waals surface area contributed by atoms with Gasteiger partial charge in [-0.1, -0.05) is 11.6 Å². The third-order valence-electron chi connectivity index (χ3n) is 2.22. The van der Waals surface area contributed by atoms with Gasteiger partial charge in [-0.05, 0) is 26.0 Å². The molecule has 0 spiro atoms. The van der Waals surface area contributed by atoms with Crippen LogP contribution in [-0.4, -0.2) is 31.5 Å². The van der Waals surface area contributed by atoms with Gasteiger partial charge in [0.2, 0.25) is 0 Å². The minimum atomic E-state index is 0.00498. The standard InChI is InChI=1S/C13H17ClO3/c1-10-3-4-13(12(9-10)11(2)15)17-8-7-16-6-5-14/h3-4,9H,5-8H2,1-2H3. The summed E-state index contributed by atoms with van der Waals surface area (Å²) in [5.74, 6) is 1.09. The maximum absolute atomic E-state index is 11.4. The van der Waals surface area contributed by atoms with Crippen molar-refractivity contribution in [2.24, 2.45) is 0 Å². The van der Waals surface area contributed by atoms with Crippen LogP contribution in [0.5, 0.6) is 5.75 Å². The van der Waals surface area contributed by atoms with Crippen molar-refractivity contribution in [3.05, 3.63) is 29.3 Å². The fourth-order valence-corrected chi connectivity index (χ4v) is 1.52. The van der Waals surface area contributed by atoms with Crippen LogP contribution in [0.15, 0.2) is 18.2 Å². The van der Waals surface area contributed by atoms with Gasteiger partial charge >= 0.3 is 0 Å². The molecule has 0 saturated carbocycles. The maximum Gasteiger partial charge on any atom is 0.163 e. The summed E-state index contributed by atoms with van der Waals surface area (Å²) < 4.78 is 10.7. The Morgan fingerprint density at radius 3 is 2.71 bits per heavy atom. The van der Waals surface area contributed by atoms with E-state index < -0.39 is 0 Å². The fourth-order valence-electron chi connectivity index (χ4n) is 1.41. The predicted molar refractivity (Wildman–Crippen MR) is 68.2 cm³/mol. The zero-order chi connectivity index (χ0) is 12.7. The molecule has 0 atom stereocenters. The number of hydrogen-bond acceptors (Lipinski definition) is 3. The van der Waals surface area contributed by atoms with Crippen LogP contribution in [0.4, 0.5) is 0 Å². The zero-order valence-corrected chi connectivity index (χ0v) is 10.9. The van der Waals surface area contributed by atoms with Crippen molar-refractivity contribution in [1.82, 2.24) is 0 Å². The van der Waals surface area contributed by atoms with Crippen LogP contribution in [0.2, 0.25) is 0 Å². The Balaban J connectivity index is 2.55. The van der Waals surface area contributed by atoms with Gasteiger partial charge in [0.05, 0.1) is 18.8 Å². The molecule has 0 heterocycles. The minimum Gasteiger partial charge on any atom is -0.490 e. The predicted octanol–water partition coefficient (Wildman–Crippen LogP) is 2.83. The van der Waals surface area contributed by atoms with Crippen LogP contribution in [0.3, 0.4) is 0 Å². The van der Waals surface area contributed by atoms with E-state index in [0.29, 0.717) is 37.0 Å². The fraction of sp³-hybridized carbons (Fsp3) is 0.462. The topological polar surface area (TPSA) is 35.5 Å². The molecule has 4 heteroatoms. The van der Waals surface area contributed by atoms with E-state index in [-0.39, 0.29) is 5.78 Å². The van der Waals surface area contributed by atoms with Gasteiger partial charge in [0, 0.05) is 5.88 Å². The van der Waals surface area contributed by atoms with Crippen LogP contribution >= 0.6 is 11.6 Å². The maximum atomic E-state index is 11.4. The van der Waals surface area contributed by atoms with E-state index in [1.807, 2.05) is 25.1 Å². The number of alkyl halides is 1. The van der Waals surface area contributed by atoms with E-state index in [1.54, 1.807) is 0 Å². The molecule has 1 rings (SSSR count). The Hall–Kier alpha value is -1.06. The molecule has 0 saturated heterocycles. The normalized spacial score (nSPS) is 10.3. The summed E-state index contributed by atoms with van der Waals surface area (Å²) in [6, 6.07) is 5.56. The van der Waals surface area contributed by atoms with Gasteiger partial charge in [-0.3, -0.25) is 4.79 Å². The summed E-state index contributed by atoms with van der Waals surface area (Å²) in [6.45, 7) is 4.88. The highest BCUT2D eigenvalue weighted by molar-refractivity contribution is 6.17. The van der Waals surface area contributed by atoms with Gasteiger partial charge < -0.3 is 9.47 Å². The zero-order valence-electron chi connectivity index (χ0n) is 10.2. The number of rotatable bonds is 7. The number of ether oxygens (including phenoxy) is 2. The molecule has 0 unspecified atom stereocenters. The Morgan fingerprint density at radius 2 is 2.06 bits per heavy atom. The molecule has 0 amide bonds. The first-order valence-corrected chi connectivity index (χ1v) is 6.06. The lowest BCUT2D eigenvalue weighted by molar-refractivity contribution is 0.0992. The van der Waals surface area contributed by atoms with Crippen molar-refractivity contribution < 1.29 is 14.3 Å². The smallest absolute Gasteiger partial charge is 0.163 e. The first kappa shape index (κ1) is 14.0. The molecule has 0 aromatic heterocycles. The Kier molecular flexibility index (Phi) is 6.01. The highest BCUT2D eigenvalue weighted by Gasteiger charge is 2.08. The van der Waals surface area contributed by atoms with Crippen molar-refractivity contribution in [2.45, 2.75) is 13.8 Å². The van der Waals surface area contributed by atoms with Gasteiger partial charge in [-0.15, -0.1) is 11.6 Å². The average Bonchev–Trinajstić information content (AvgIpc) is 2.30. The van der Waals surface area contributed by atoms with Crippen molar-refractivity contribution >= 4 is 17.4 Å². The Morgan fingerprint density at radius 1 is 1.29 bits per heavy atom. The quantitative estimate of drug-likeness (QED) is 0.428. The second-order valence-corrected chi connectivity index (χ2v) is 4.08. The number of aryl methyl sites for hydroxylation is 1. The molecule has 0 radical (unpaired) electrons. The third-order valence-corrected chi connectivity index (χ3v) is 2.38. The number of carbonyl (C=O) groups is 1. The molecular weight excluding hydrogens is 240 g/mol. The SMILES string of the molecule is CC(=O)c1cc(C)ccc1OCCOCCCl. The lowest BCUT2D eigenvalue weighted by Gasteiger charge is -2.10. The molecule has 94 valence electrons. The van der Waals surface area contributed by atoms with Gasteiger partial charge in [0.15, 0.2) is 5.78 Å². The van der Waals surface area contributed by atoms with E-state index in [9.17, 15) is 4.79 Å². The number of carbonyl (C=O) groups excluding carboxylic acids is 1. The van der Waals surface area contributed by atoms with Crippen molar-refractivity contribution in [3.63, 3.8) is 0 Å². The summed E-state index contributed by atoms with van der Waals surface area (Å²) in [5, 5.41) is 0. The summed E-state index contributed by atoms with van der Waals surface area (Å²) in [7, 11) is 0. The molecule has 0 aliphatic carbocycles. The molecular formula is C13H17ClO3. The van der Waals surface area contributed by atoms with Crippen LogP contribution < -0.4 is 4.74 Å².